The number of hydrogen-bond acceptors (Lipinski definition) is 3. The highest BCUT2D eigenvalue weighted by molar-refractivity contribution is 5.91. The van der Waals surface area contributed by atoms with Crippen LogP contribution in [0.2, 0.25) is 0 Å². The monoisotopic (exact) mass is 276 g/mol. The van der Waals surface area contributed by atoms with Crippen molar-refractivity contribution in [2.45, 2.75) is 32.6 Å². The van der Waals surface area contributed by atoms with E-state index < -0.39 is 0 Å². The van der Waals surface area contributed by atoms with E-state index in [-0.39, 0.29) is 5.91 Å². The van der Waals surface area contributed by atoms with E-state index in [0.717, 1.165) is 36.5 Å². The summed E-state index contributed by atoms with van der Waals surface area (Å²) in [7, 11) is 1.64. The fraction of sp³-hybridized carbons (Fsp3) is 0.562. The molecule has 2 N–H and O–H groups in total. The van der Waals surface area contributed by atoms with Gasteiger partial charge in [-0.15, -0.1) is 0 Å². The Labute approximate surface area is 120 Å². The number of aryl methyl sites for hydroxylation is 1. The summed E-state index contributed by atoms with van der Waals surface area (Å²) in [5.74, 6) is 1.56. The third kappa shape index (κ3) is 4.23. The zero-order valence-corrected chi connectivity index (χ0v) is 12.4. The van der Waals surface area contributed by atoms with Gasteiger partial charge >= 0.3 is 0 Å². The van der Waals surface area contributed by atoms with Crippen molar-refractivity contribution in [1.29, 1.82) is 0 Å². The van der Waals surface area contributed by atoms with Gasteiger partial charge in [-0.25, -0.2) is 0 Å². The average Bonchev–Trinajstić information content (AvgIpc) is 2.48. The Bertz CT molecular complexity index is 454. The Kier molecular flexibility index (Phi) is 5.41. The molecule has 4 nitrogen and oxygen atoms in total. The Balaban J connectivity index is 1.81. The van der Waals surface area contributed by atoms with Crippen molar-refractivity contribution in [3.63, 3.8) is 0 Å². The molecule has 1 aliphatic rings. The number of ether oxygens (including phenoxy) is 1. The first-order valence-corrected chi connectivity index (χ1v) is 7.34. The second-order valence-corrected chi connectivity index (χ2v) is 5.48. The lowest BCUT2D eigenvalue weighted by atomic mass is 9.94. The summed E-state index contributed by atoms with van der Waals surface area (Å²) in [6.07, 6.45) is 4.03. The first-order chi connectivity index (χ1) is 9.69. The van der Waals surface area contributed by atoms with Crippen molar-refractivity contribution in [2.75, 3.05) is 25.5 Å². The van der Waals surface area contributed by atoms with E-state index in [0.29, 0.717) is 12.3 Å². The Morgan fingerprint density at radius 3 is 3.00 bits per heavy atom. The molecule has 110 valence electrons. The van der Waals surface area contributed by atoms with Crippen molar-refractivity contribution in [3.8, 4) is 5.75 Å². The first kappa shape index (κ1) is 14.9. The normalized spacial score (nSPS) is 18.6. The topological polar surface area (TPSA) is 50.4 Å². The summed E-state index contributed by atoms with van der Waals surface area (Å²) in [6, 6.07) is 5.70. The Morgan fingerprint density at radius 1 is 1.50 bits per heavy atom. The average molecular weight is 276 g/mol. The summed E-state index contributed by atoms with van der Waals surface area (Å²) >= 11 is 0. The van der Waals surface area contributed by atoms with Gasteiger partial charge in [-0.1, -0.05) is 0 Å². The van der Waals surface area contributed by atoms with E-state index in [4.69, 9.17) is 4.74 Å². The molecule has 1 amide bonds. The summed E-state index contributed by atoms with van der Waals surface area (Å²) in [4.78, 5) is 12.0. The van der Waals surface area contributed by atoms with Gasteiger partial charge in [0, 0.05) is 12.1 Å². The lowest BCUT2D eigenvalue weighted by molar-refractivity contribution is -0.116. The number of hydrogen-bond donors (Lipinski definition) is 2. The SMILES string of the molecule is COc1ccc(NC(=O)CCC2CCCNC2)c(C)c1. The van der Waals surface area contributed by atoms with Gasteiger partial charge in [0.2, 0.25) is 5.91 Å². The third-order valence-corrected chi connectivity index (χ3v) is 3.89. The molecule has 0 saturated carbocycles. The van der Waals surface area contributed by atoms with Crippen molar-refractivity contribution >= 4 is 11.6 Å². The number of carbonyl (C=O) groups is 1. The highest BCUT2D eigenvalue weighted by Crippen LogP contribution is 2.22. The molecule has 1 unspecified atom stereocenters. The molecule has 0 aliphatic carbocycles. The minimum atomic E-state index is 0.101. The molecule has 1 atom stereocenters. The number of benzene rings is 1. The van der Waals surface area contributed by atoms with E-state index in [1.165, 1.54) is 12.8 Å². The van der Waals surface area contributed by atoms with Crippen molar-refractivity contribution in [2.24, 2.45) is 5.92 Å². The van der Waals surface area contributed by atoms with Gasteiger partial charge in [-0.3, -0.25) is 4.79 Å². The molecule has 4 heteroatoms. The number of carbonyl (C=O) groups excluding carboxylic acids is 1. The number of anilines is 1. The van der Waals surface area contributed by atoms with Crippen LogP contribution in [-0.4, -0.2) is 26.1 Å². The van der Waals surface area contributed by atoms with Gasteiger partial charge in [0.15, 0.2) is 0 Å². The standard InChI is InChI=1S/C16H24N2O2/c1-12-10-14(20-2)6-7-15(12)18-16(19)8-5-13-4-3-9-17-11-13/h6-7,10,13,17H,3-5,8-9,11H2,1-2H3,(H,18,19). The zero-order chi connectivity index (χ0) is 14.4. The summed E-state index contributed by atoms with van der Waals surface area (Å²) < 4.78 is 5.16. The quantitative estimate of drug-likeness (QED) is 0.869. The van der Waals surface area contributed by atoms with Crippen LogP contribution in [0, 0.1) is 12.8 Å². The van der Waals surface area contributed by atoms with Crippen LogP contribution < -0.4 is 15.4 Å². The van der Waals surface area contributed by atoms with Gasteiger partial charge < -0.3 is 15.4 Å². The maximum atomic E-state index is 12.0. The number of amides is 1. The van der Waals surface area contributed by atoms with Crippen LogP contribution in [0.3, 0.4) is 0 Å². The molecule has 1 aliphatic heterocycles. The maximum Gasteiger partial charge on any atom is 0.224 e. The zero-order valence-electron chi connectivity index (χ0n) is 12.4. The Morgan fingerprint density at radius 2 is 2.35 bits per heavy atom. The van der Waals surface area contributed by atoms with E-state index in [1.54, 1.807) is 7.11 Å². The molecule has 1 aromatic rings. The predicted octanol–water partition coefficient (Wildman–Crippen LogP) is 2.72. The number of piperidine rings is 1. The van der Waals surface area contributed by atoms with Crippen LogP contribution in [0.1, 0.15) is 31.2 Å². The highest BCUT2D eigenvalue weighted by Gasteiger charge is 2.14. The highest BCUT2D eigenvalue weighted by atomic mass is 16.5. The summed E-state index contributed by atoms with van der Waals surface area (Å²) in [5, 5.41) is 6.37. The summed E-state index contributed by atoms with van der Waals surface area (Å²) in [5.41, 5.74) is 1.90. The first-order valence-electron chi connectivity index (χ1n) is 7.34. The van der Waals surface area contributed by atoms with Gasteiger partial charge in [-0.05, 0) is 69.0 Å². The number of rotatable bonds is 5. The van der Waals surface area contributed by atoms with E-state index in [9.17, 15) is 4.79 Å². The second-order valence-electron chi connectivity index (χ2n) is 5.48. The van der Waals surface area contributed by atoms with Crippen molar-refractivity contribution in [3.05, 3.63) is 23.8 Å². The van der Waals surface area contributed by atoms with Crippen LogP contribution in [0.25, 0.3) is 0 Å². The van der Waals surface area contributed by atoms with Crippen LogP contribution in [0.4, 0.5) is 5.69 Å². The predicted molar refractivity (Wildman–Crippen MR) is 81.2 cm³/mol. The van der Waals surface area contributed by atoms with Crippen molar-refractivity contribution in [1.82, 2.24) is 5.32 Å². The van der Waals surface area contributed by atoms with Gasteiger partial charge in [0.25, 0.3) is 0 Å². The van der Waals surface area contributed by atoms with Gasteiger partial charge in [0.05, 0.1) is 7.11 Å². The van der Waals surface area contributed by atoms with Crippen LogP contribution in [0.5, 0.6) is 5.75 Å². The Hall–Kier alpha value is -1.55. The molecule has 1 heterocycles. The van der Waals surface area contributed by atoms with Crippen molar-refractivity contribution < 1.29 is 9.53 Å². The molecular weight excluding hydrogens is 252 g/mol. The fourth-order valence-electron chi connectivity index (χ4n) is 2.62. The molecule has 0 spiro atoms. The third-order valence-electron chi connectivity index (χ3n) is 3.89. The maximum absolute atomic E-state index is 12.0. The lowest BCUT2D eigenvalue weighted by Crippen LogP contribution is -2.30. The minimum Gasteiger partial charge on any atom is -0.497 e. The largest absolute Gasteiger partial charge is 0.497 e. The van der Waals surface area contributed by atoms with E-state index >= 15 is 0 Å². The molecule has 0 aromatic heterocycles. The summed E-state index contributed by atoms with van der Waals surface area (Å²) in [6.45, 7) is 4.14. The second kappa shape index (κ2) is 7.29. The molecule has 1 saturated heterocycles. The smallest absolute Gasteiger partial charge is 0.224 e. The van der Waals surface area contributed by atoms with Gasteiger partial charge in [0.1, 0.15) is 5.75 Å². The van der Waals surface area contributed by atoms with Crippen LogP contribution >= 0.6 is 0 Å². The van der Waals surface area contributed by atoms with E-state index in [2.05, 4.69) is 10.6 Å². The van der Waals surface area contributed by atoms with E-state index in [1.807, 2.05) is 25.1 Å². The number of methoxy groups -OCH3 is 1. The molecule has 0 radical (unpaired) electrons. The lowest BCUT2D eigenvalue weighted by Gasteiger charge is -2.22. The molecule has 20 heavy (non-hydrogen) atoms. The fourth-order valence-corrected chi connectivity index (χ4v) is 2.62. The molecular formula is C16H24N2O2. The molecule has 0 bridgehead atoms. The van der Waals surface area contributed by atoms with Crippen LogP contribution in [0.15, 0.2) is 18.2 Å². The molecule has 1 fully saturated rings. The minimum absolute atomic E-state index is 0.101. The van der Waals surface area contributed by atoms with Gasteiger partial charge in [-0.2, -0.15) is 0 Å². The molecule has 1 aromatic carbocycles. The number of nitrogens with one attached hydrogen (secondary N) is 2. The molecule has 2 rings (SSSR count). The van der Waals surface area contributed by atoms with Crippen LogP contribution in [-0.2, 0) is 4.79 Å².